The van der Waals surface area contributed by atoms with Crippen molar-refractivity contribution in [2.45, 2.75) is 25.9 Å². The Morgan fingerprint density at radius 2 is 2.00 bits per heavy atom. The number of hydrogen-bond acceptors (Lipinski definition) is 5. The number of fused-ring (bicyclic) bond motifs is 2. The number of piperidine rings is 1. The normalized spacial score (nSPS) is 17.9. The zero-order valence-electron chi connectivity index (χ0n) is 14.8. The van der Waals surface area contributed by atoms with Gasteiger partial charge in [-0.3, -0.25) is 4.79 Å². The van der Waals surface area contributed by atoms with Crippen molar-refractivity contribution in [3.63, 3.8) is 0 Å². The lowest BCUT2D eigenvalue weighted by Gasteiger charge is -2.31. The van der Waals surface area contributed by atoms with Crippen LogP contribution in [0.5, 0.6) is 0 Å². The monoisotopic (exact) mass is 371 g/mol. The Kier molecular flexibility index (Phi) is 4.42. The third-order valence-corrected chi connectivity index (χ3v) is 5.82. The van der Waals surface area contributed by atoms with Gasteiger partial charge in [0.2, 0.25) is 0 Å². The van der Waals surface area contributed by atoms with Crippen LogP contribution in [-0.4, -0.2) is 43.1 Å². The molecule has 7 heteroatoms. The summed E-state index contributed by atoms with van der Waals surface area (Å²) in [7, 11) is 2.07. The van der Waals surface area contributed by atoms with Crippen LogP contribution in [-0.2, 0) is 4.74 Å². The molecule has 0 saturated carbocycles. The number of carbonyl (C=O) groups is 2. The summed E-state index contributed by atoms with van der Waals surface area (Å²) in [5.41, 5.74) is 2.37. The van der Waals surface area contributed by atoms with Crippen LogP contribution in [0.1, 0.15) is 28.1 Å². The highest BCUT2D eigenvalue weighted by Crippen LogP contribution is 2.42. The highest BCUT2D eigenvalue weighted by atomic mass is 32.1. The van der Waals surface area contributed by atoms with E-state index in [1.165, 1.54) is 11.3 Å². The molecule has 2 aliphatic rings. The van der Waals surface area contributed by atoms with Gasteiger partial charge >= 0.3 is 6.09 Å². The van der Waals surface area contributed by atoms with E-state index in [9.17, 15) is 9.59 Å². The number of hydrogen-bond donors (Lipinski definition) is 1. The summed E-state index contributed by atoms with van der Waals surface area (Å²) >= 11 is 1.46. The van der Waals surface area contributed by atoms with E-state index in [0.29, 0.717) is 22.6 Å². The molecule has 0 unspecified atom stereocenters. The van der Waals surface area contributed by atoms with Crippen molar-refractivity contribution in [2.75, 3.05) is 30.4 Å². The first-order chi connectivity index (χ1) is 12.5. The van der Waals surface area contributed by atoms with Crippen LogP contribution in [0, 0.1) is 6.92 Å². The number of nitrogens with zero attached hydrogens (tertiary/aromatic N) is 2. The fourth-order valence-corrected chi connectivity index (χ4v) is 4.29. The fourth-order valence-electron chi connectivity index (χ4n) is 3.46. The number of rotatable bonds is 1. The molecule has 2 aromatic rings. The summed E-state index contributed by atoms with van der Waals surface area (Å²) in [6, 6.07) is 7.32. The van der Waals surface area contributed by atoms with Gasteiger partial charge in [0, 0.05) is 23.3 Å². The van der Waals surface area contributed by atoms with Gasteiger partial charge in [0.1, 0.15) is 6.10 Å². The van der Waals surface area contributed by atoms with Gasteiger partial charge in [-0.25, -0.2) is 9.69 Å². The maximum absolute atomic E-state index is 13.1. The molecule has 0 atom stereocenters. The SMILES string of the molecule is Cc1scc2c1N(C(=O)OC1CCN(C)CC1)c1ccccc1NC2=O. The minimum Gasteiger partial charge on any atom is -0.445 e. The molecule has 2 aliphatic heterocycles. The fraction of sp³-hybridized carbons (Fsp3) is 0.368. The second-order valence-electron chi connectivity index (χ2n) is 6.75. The molecule has 26 heavy (non-hydrogen) atoms. The summed E-state index contributed by atoms with van der Waals surface area (Å²) in [4.78, 5) is 30.4. The summed E-state index contributed by atoms with van der Waals surface area (Å²) in [6.07, 6.45) is 1.13. The van der Waals surface area contributed by atoms with E-state index < -0.39 is 6.09 Å². The zero-order valence-corrected chi connectivity index (χ0v) is 15.6. The average Bonchev–Trinajstić information content (AvgIpc) is 2.94. The Bertz CT molecular complexity index is 855. The molecule has 1 N–H and O–H groups in total. The van der Waals surface area contributed by atoms with E-state index in [0.717, 1.165) is 30.8 Å². The molecule has 0 radical (unpaired) electrons. The Morgan fingerprint density at radius 1 is 1.27 bits per heavy atom. The second-order valence-corrected chi connectivity index (χ2v) is 7.83. The number of likely N-dealkylation sites (tertiary alicyclic amines) is 1. The number of para-hydroxylation sites is 2. The lowest BCUT2D eigenvalue weighted by Crippen LogP contribution is -2.38. The van der Waals surface area contributed by atoms with Gasteiger partial charge in [0.05, 0.1) is 22.6 Å². The summed E-state index contributed by atoms with van der Waals surface area (Å²) in [5, 5.41) is 4.69. The van der Waals surface area contributed by atoms with Crippen molar-refractivity contribution in [3.8, 4) is 0 Å². The third kappa shape index (κ3) is 2.97. The summed E-state index contributed by atoms with van der Waals surface area (Å²) in [5.74, 6) is -0.202. The third-order valence-electron chi connectivity index (χ3n) is 4.92. The van der Waals surface area contributed by atoms with Crippen LogP contribution in [0.4, 0.5) is 21.9 Å². The molecule has 1 saturated heterocycles. The molecular weight excluding hydrogens is 350 g/mol. The van der Waals surface area contributed by atoms with Crippen molar-refractivity contribution in [3.05, 3.63) is 40.1 Å². The minimum atomic E-state index is -0.425. The molecule has 1 aromatic carbocycles. The number of carbonyl (C=O) groups excluding carboxylic acids is 2. The van der Waals surface area contributed by atoms with Crippen LogP contribution < -0.4 is 10.2 Å². The van der Waals surface area contributed by atoms with Gasteiger partial charge < -0.3 is 15.0 Å². The molecule has 1 fully saturated rings. The van der Waals surface area contributed by atoms with Gasteiger partial charge in [-0.15, -0.1) is 11.3 Å². The van der Waals surface area contributed by atoms with Gasteiger partial charge in [-0.1, -0.05) is 12.1 Å². The highest BCUT2D eigenvalue weighted by molar-refractivity contribution is 7.10. The maximum Gasteiger partial charge on any atom is 0.419 e. The quantitative estimate of drug-likeness (QED) is 0.823. The first kappa shape index (κ1) is 17.1. The molecule has 1 aromatic heterocycles. The first-order valence-corrected chi connectivity index (χ1v) is 9.60. The van der Waals surface area contributed by atoms with E-state index in [1.54, 1.807) is 16.3 Å². The number of benzene rings is 1. The van der Waals surface area contributed by atoms with Gasteiger partial charge in [0.25, 0.3) is 5.91 Å². The predicted molar refractivity (Wildman–Crippen MR) is 103 cm³/mol. The van der Waals surface area contributed by atoms with E-state index in [2.05, 4.69) is 17.3 Å². The molecule has 0 spiro atoms. The van der Waals surface area contributed by atoms with Crippen molar-refractivity contribution >= 4 is 40.4 Å². The average molecular weight is 371 g/mol. The smallest absolute Gasteiger partial charge is 0.419 e. The van der Waals surface area contributed by atoms with Gasteiger partial charge in [-0.2, -0.15) is 0 Å². The van der Waals surface area contributed by atoms with Crippen molar-refractivity contribution in [1.29, 1.82) is 0 Å². The van der Waals surface area contributed by atoms with Crippen molar-refractivity contribution in [2.24, 2.45) is 0 Å². The molecular formula is C19H21N3O3S. The Hall–Kier alpha value is -2.38. The topological polar surface area (TPSA) is 61.9 Å². The van der Waals surface area contributed by atoms with Gasteiger partial charge in [-0.05, 0) is 38.9 Å². The lowest BCUT2D eigenvalue weighted by molar-refractivity contribution is 0.0632. The maximum atomic E-state index is 13.1. The number of anilines is 3. The predicted octanol–water partition coefficient (Wildman–Crippen LogP) is 3.99. The number of amides is 2. The first-order valence-electron chi connectivity index (χ1n) is 8.72. The van der Waals surface area contributed by atoms with Gasteiger partial charge in [0.15, 0.2) is 0 Å². The molecule has 0 bridgehead atoms. The second kappa shape index (κ2) is 6.74. The molecule has 136 valence electrons. The summed E-state index contributed by atoms with van der Waals surface area (Å²) < 4.78 is 5.83. The number of thiophene rings is 1. The Morgan fingerprint density at radius 3 is 2.77 bits per heavy atom. The van der Waals surface area contributed by atoms with Crippen LogP contribution >= 0.6 is 11.3 Å². The lowest BCUT2D eigenvalue weighted by atomic mass is 10.1. The van der Waals surface area contributed by atoms with E-state index in [-0.39, 0.29) is 12.0 Å². The van der Waals surface area contributed by atoms with Crippen molar-refractivity contribution < 1.29 is 14.3 Å². The Labute approximate surface area is 156 Å². The van der Waals surface area contributed by atoms with Crippen LogP contribution in [0.25, 0.3) is 0 Å². The van der Waals surface area contributed by atoms with E-state index >= 15 is 0 Å². The molecule has 6 nitrogen and oxygen atoms in total. The molecule has 3 heterocycles. The largest absolute Gasteiger partial charge is 0.445 e. The highest BCUT2D eigenvalue weighted by Gasteiger charge is 2.34. The summed E-state index contributed by atoms with van der Waals surface area (Å²) in [6.45, 7) is 3.75. The van der Waals surface area contributed by atoms with Crippen molar-refractivity contribution in [1.82, 2.24) is 4.90 Å². The van der Waals surface area contributed by atoms with E-state index in [4.69, 9.17) is 4.74 Å². The molecule has 0 aliphatic carbocycles. The number of aryl methyl sites for hydroxylation is 1. The van der Waals surface area contributed by atoms with Crippen LogP contribution in [0.3, 0.4) is 0 Å². The minimum absolute atomic E-state index is 0.0971. The zero-order chi connectivity index (χ0) is 18.3. The number of ether oxygens (including phenoxy) is 1. The molecule has 4 rings (SSSR count). The number of nitrogens with one attached hydrogen (secondary N) is 1. The Balaban J connectivity index is 1.72. The molecule has 2 amide bonds. The van der Waals surface area contributed by atoms with Crippen LogP contribution in [0.2, 0.25) is 0 Å². The van der Waals surface area contributed by atoms with E-state index in [1.807, 2.05) is 25.1 Å². The standard InChI is InChI=1S/C19H21N3O3S/c1-12-17-14(11-26-12)18(23)20-15-5-3-4-6-16(15)22(17)19(24)25-13-7-9-21(2)10-8-13/h3-6,11,13H,7-10H2,1-2H3,(H,20,23). The van der Waals surface area contributed by atoms with Crippen LogP contribution in [0.15, 0.2) is 29.6 Å².